The molecule has 6 rings (SSSR count). The van der Waals surface area contributed by atoms with Crippen LogP contribution in [0.5, 0.6) is 0 Å². The zero-order chi connectivity index (χ0) is 31.5. The normalized spacial score (nSPS) is 23.1. The van der Waals surface area contributed by atoms with Crippen LogP contribution in [-0.2, 0) is 20.8 Å². The first-order valence-electron chi connectivity index (χ1n) is 15.7. The van der Waals surface area contributed by atoms with Crippen LogP contribution in [0.25, 0.3) is 10.8 Å². The fourth-order valence-electron chi connectivity index (χ4n) is 7.29. The number of nitrogens with one attached hydrogen (secondary N) is 3. The highest BCUT2D eigenvalue weighted by molar-refractivity contribution is 7.11. The minimum atomic E-state index is -1.11. The number of fused-ring (bicyclic) bond motifs is 2. The van der Waals surface area contributed by atoms with Gasteiger partial charge < -0.3 is 26.2 Å². The molecule has 3 fully saturated rings. The lowest BCUT2D eigenvalue weighted by Crippen LogP contribution is -2.63. The fourth-order valence-corrected chi connectivity index (χ4v) is 7.90. The van der Waals surface area contributed by atoms with Crippen molar-refractivity contribution < 1.29 is 19.2 Å². The number of hydrogen-bond acceptors (Lipinski definition) is 8. The molecule has 0 aliphatic carbocycles. The Morgan fingerprint density at radius 1 is 1.13 bits per heavy atom. The Hall–Kier alpha value is -4.16. The van der Waals surface area contributed by atoms with E-state index in [2.05, 4.69) is 39.9 Å². The van der Waals surface area contributed by atoms with E-state index in [1.807, 2.05) is 18.2 Å². The van der Waals surface area contributed by atoms with Crippen LogP contribution in [-0.4, -0.2) is 88.4 Å². The SMILES string of the molecule is N=C(N)C(C1CCCNC1)[C@H](NC(=O)[C@@H]1CC[C@H]2C(=O)N(CCCc3cccc4ccccc34)CC(=O)N12)C(=O)c1nccs1. The standard InChI is InChI=1S/C33H39N7O4S/c34-30(35)27(22-9-4-14-36-18-22)28(29(42)32-37-15-17-45-32)38-31(43)24-12-13-25-33(44)39(19-26(41)40(24)25)16-5-10-21-8-3-7-20-6-1-2-11-23(20)21/h1-3,6-8,11,15,17,22,24-25,27-28,36H,4-5,9-10,12-14,16,18-19H2,(H3,34,35)(H,38,43)/t22?,24-,25-,27?,28-/m0/s1. The van der Waals surface area contributed by atoms with Crippen LogP contribution in [0.1, 0.15) is 47.5 Å². The number of nitrogens with two attached hydrogens (primary N) is 1. The Balaban J connectivity index is 1.14. The van der Waals surface area contributed by atoms with Gasteiger partial charge in [-0.15, -0.1) is 11.3 Å². The largest absolute Gasteiger partial charge is 0.387 e. The lowest BCUT2D eigenvalue weighted by molar-refractivity contribution is -0.157. The summed E-state index contributed by atoms with van der Waals surface area (Å²) in [5.74, 6) is -2.36. The molecule has 2 aromatic carbocycles. The molecule has 0 radical (unpaired) electrons. The minimum absolute atomic E-state index is 0.0834. The van der Waals surface area contributed by atoms with Crippen LogP contribution in [0.4, 0.5) is 0 Å². The highest BCUT2D eigenvalue weighted by Crippen LogP contribution is 2.31. The summed E-state index contributed by atoms with van der Waals surface area (Å²) in [4.78, 5) is 61.7. The second-order valence-electron chi connectivity index (χ2n) is 12.2. The number of piperazine rings is 1. The second-order valence-corrected chi connectivity index (χ2v) is 13.1. The molecule has 3 amide bonds. The summed E-state index contributed by atoms with van der Waals surface area (Å²) in [6.07, 6.45) is 5.33. The summed E-state index contributed by atoms with van der Waals surface area (Å²) in [6, 6.07) is 11.7. The first-order valence-corrected chi connectivity index (χ1v) is 16.6. The molecular formula is C33H39N7O4S. The number of amidine groups is 1. The second kappa shape index (κ2) is 13.5. The van der Waals surface area contributed by atoms with Gasteiger partial charge in [0.2, 0.25) is 23.5 Å². The van der Waals surface area contributed by atoms with Gasteiger partial charge >= 0.3 is 0 Å². The van der Waals surface area contributed by atoms with E-state index in [9.17, 15) is 19.2 Å². The predicted octanol–water partition coefficient (Wildman–Crippen LogP) is 2.35. The van der Waals surface area contributed by atoms with Crippen LogP contribution in [0.3, 0.4) is 0 Å². The maximum atomic E-state index is 13.8. The molecule has 3 aliphatic heterocycles. The highest BCUT2D eigenvalue weighted by Gasteiger charge is 2.50. The van der Waals surface area contributed by atoms with Crippen LogP contribution in [0.15, 0.2) is 54.0 Å². The number of aromatic nitrogens is 1. The molecule has 4 heterocycles. The number of piperidine rings is 1. The Bertz CT molecular complexity index is 1580. The molecule has 5 atom stereocenters. The molecule has 0 spiro atoms. The maximum Gasteiger partial charge on any atom is 0.245 e. The van der Waals surface area contributed by atoms with Crippen LogP contribution in [0.2, 0.25) is 0 Å². The van der Waals surface area contributed by atoms with E-state index in [1.54, 1.807) is 10.3 Å². The van der Waals surface area contributed by atoms with Gasteiger partial charge in [-0.2, -0.15) is 0 Å². The summed E-state index contributed by atoms with van der Waals surface area (Å²) in [7, 11) is 0. The van der Waals surface area contributed by atoms with Gasteiger partial charge in [-0.3, -0.25) is 24.6 Å². The molecule has 5 N–H and O–H groups in total. The molecule has 236 valence electrons. The average molecular weight is 630 g/mol. The molecule has 3 aliphatic rings. The van der Waals surface area contributed by atoms with Crippen molar-refractivity contribution in [2.75, 3.05) is 26.2 Å². The third kappa shape index (κ3) is 6.34. The zero-order valence-electron chi connectivity index (χ0n) is 25.1. The Morgan fingerprint density at radius 2 is 1.96 bits per heavy atom. The summed E-state index contributed by atoms with van der Waals surface area (Å²) < 4.78 is 0. The van der Waals surface area contributed by atoms with Gasteiger partial charge in [0, 0.05) is 24.0 Å². The van der Waals surface area contributed by atoms with E-state index in [4.69, 9.17) is 11.1 Å². The molecular weight excluding hydrogens is 590 g/mol. The molecule has 1 aromatic heterocycles. The van der Waals surface area contributed by atoms with Crippen LogP contribution in [0, 0.1) is 17.2 Å². The number of ketones is 1. The molecule has 12 heteroatoms. The summed E-state index contributed by atoms with van der Waals surface area (Å²) >= 11 is 1.17. The Labute approximate surface area is 266 Å². The molecule has 3 aromatic rings. The number of hydrogen-bond donors (Lipinski definition) is 4. The summed E-state index contributed by atoms with van der Waals surface area (Å²) in [5.41, 5.74) is 7.28. The number of thiazole rings is 1. The molecule has 11 nitrogen and oxygen atoms in total. The number of amides is 3. The summed E-state index contributed by atoms with van der Waals surface area (Å²) in [6.45, 7) is 1.78. The van der Waals surface area contributed by atoms with Gasteiger partial charge in [0.1, 0.15) is 18.1 Å². The lowest BCUT2D eigenvalue weighted by Gasteiger charge is -2.39. The Kier molecular flexibility index (Phi) is 9.22. The van der Waals surface area contributed by atoms with Crippen LogP contribution < -0.4 is 16.4 Å². The van der Waals surface area contributed by atoms with Crippen molar-refractivity contribution in [3.8, 4) is 0 Å². The van der Waals surface area contributed by atoms with Gasteiger partial charge in [0.15, 0.2) is 5.01 Å². The lowest BCUT2D eigenvalue weighted by atomic mass is 9.79. The molecule has 0 bridgehead atoms. The number of rotatable bonds is 11. The fraction of sp³-hybridized carbons (Fsp3) is 0.455. The van der Waals surface area contributed by atoms with Crippen molar-refractivity contribution in [3.05, 3.63) is 64.6 Å². The average Bonchev–Trinajstić information content (AvgIpc) is 3.75. The highest BCUT2D eigenvalue weighted by atomic mass is 32.1. The molecule has 45 heavy (non-hydrogen) atoms. The third-order valence-corrected chi connectivity index (χ3v) is 10.2. The molecule has 3 saturated heterocycles. The van der Waals surface area contributed by atoms with Crippen molar-refractivity contribution >= 4 is 51.4 Å². The number of aryl methyl sites for hydroxylation is 1. The van der Waals surface area contributed by atoms with Gasteiger partial charge in [0.05, 0.1) is 12.4 Å². The number of benzene rings is 2. The zero-order valence-corrected chi connectivity index (χ0v) is 25.9. The first-order chi connectivity index (χ1) is 21.8. The van der Waals surface area contributed by atoms with Crippen LogP contribution >= 0.6 is 11.3 Å². The first kappa shape index (κ1) is 30.8. The maximum absolute atomic E-state index is 13.8. The number of Topliss-reactive ketones (excluding diaryl/α,β-unsaturated/α-hetero) is 1. The monoisotopic (exact) mass is 629 g/mol. The third-order valence-electron chi connectivity index (χ3n) is 9.44. The topological polar surface area (TPSA) is 162 Å². The quantitative estimate of drug-likeness (QED) is 0.144. The number of carbonyl (C=O) groups excluding carboxylic acids is 4. The van der Waals surface area contributed by atoms with E-state index < -0.39 is 35.7 Å². The van der Waals surface area contributed by atoms with Gasteiger partial charge in [-0.1, -0.05) is 42.5 Å². The van der Waals surface area contributed by atoms with E-state index in [0.29, 0.717) is 32.4 Å². The number of carbonyl (C=O) groups is 4. The molecule has 0 saturated carbocycles. The number of nitrogens with zero attached hydrogens (tertiary/aromatic N) is 3. The van der Waals surface area contributed by atoms with Crippen molar-refractivity contribution in [2.45, 2.75) is 56.7 Å². The van der Waals surface area contributed by atoms with E-state index in [1.165, 1.54) is 38.8 Å². The minimum Gasteiger partial charge on any atom is -0.387 e. The van der Waals surface area contributed by atoms with E-state index in [-0.39, 0.29) is 35.1 Å². The van der Waals surface area contributed by atoms with Gasteiger partial charge in [-0.05, 0) is 73.9 Å². The molecule has 2 unspecified atom stereocenters. The van der Waals surface area contributed by atoms with E-state index >= 15 is 0 Å². The smallest absolute Gasteiger partial charge is 0.245 e. The predicted molar refractivity (Wildman–Crippen MR) is 172 cm³/mol. The van der Waals surface area contributed by atoms with Crippen molar-refractivity contribution in [1.29, 1.82) is 5.41 Å². The van der Waals surface area contributed by atoms with Crippen molar-refractivity contribution in [3.63, 3.8) is 0 Å². The van der Waals surface area contributed by atoms with Crippen molar-refractivity contribution in [1.82, 2.24) is 25.4 Å². The summed E-state index contributed by atoms with van der Waals surface area (Å²) in [5, 5.41) is 18.8. The van der Waals surface area contributed by atoms with Gasteiger partial charge in [0.25, 0.3) is 0 Å². The van der Waals surface area contributed by atoms with Crippen molar-refractivity contribution in [2.24, 2.45) is 17.6 Å². The Morgan fingerprint density at radius 3 is 2.71 bits per heavy atom. The van der Waals surface area contributed by atoms with E-state index in [0.717, 1.165) is 25.8 Å². The van der Waals surface area contributed by atoms with Gasteiger partial charge in [-0.25, -0.2) is 4.98 Å².